The summed E-state index contributed by atoms with van der Waals surface area (Å²) in [6.07, 6.45) is 20.6. The Hall–Kier alpha value is -1.32. The minimum Gasteiger partial charge on any atom is -0.463 e. The van der Waals surface area contributed by atoms with Gasteiger partial charge >= 0.3 is 11.9 Å². The molecular formula is C24H44O4. The van der Waals surface area contributed by atoms with Crippen molar-refractivity contribution in [3.8, 4) is 0 Å². The van der Waals surface area contributed by atoms with Crippen molar-refractivity contribution in [2.45, 2.75) is 123 Å². The van der Waals surface area contributed by atoms with Gasteiger partial charge in [0.15, 0.2) is 0 Å². The van der Waals surface area contributed by atoms with E-state index < -0.39 is 11.9 Å². The van der Waals surface area contributed by atoms with Crippen LogP contribution in [0.1, 0.15) is 117 Å². The molecule has 0 atom stereocenters. The quantitative estimate of drug-likeness (QED) is 0.135. The fourth-order valence-electron chi connectivity index (χ4n) is 3.14. The van der Waals surface area contributed by atoms with Crippen LogP contribution in [-0.2, 0) is 19.1 Å². The smallest absolute Gasteiger partial charge is 0.331 e. The largest absolute Gasteiger partial charge is 0.463 e. The Bertz CT molecular complexity index is 399. The highest BCUT2D eigenvalue weighted by Gasteiger charge is 2.08. The first-order chi connectivity index (χ1) is 13.6. The zero-order chi connectivity index (χ0) is 20.9. The second kappa shape index (κ2) is 20.4. The average Bonchev–Trinajstić information content (AvgIpc) is 2.70. The third kappa shape index (κ3) is 18.1. The molecular weight excluding hydrogens is 352 g/mol. The highest BCUT2D eigenvalue weighted by molar-refractivity contribution is 5.91. The molecule has 0 aliphatic carbocycles. The van der Waals surface area contributed by atoms with E-state index in [1.165, 1.54) is 70.6 Å². The number of carbonyl (C=O) groups is 2. The van der Waals surface area contributed by atoms with Crippen LogP contribution < -0.4 is 0 Å². The summed E-state index contributed by atoms with van der Waals surface area (Å²) in [4.78, 5) is 23.1. The predicted octanol–water partition coefficient (Wildman–Crippen LogP) is 6.91. The van der Waals surface area contributed by atoms with Crippen molar-refractivity contribution in [1.82, 2.24) is 0 Å². The molecule has 0 rings (SSSR count). The zero-order valence-corrected chi connectivity index (χ0v) is 18.7. The van der Waals surface area contributed by atoms with E-state index in [0.29, 0.717) is 6.61 Å². The van der Waals surface area contributed by atoms with E-state index in [1.54, 1.807) is 0 Å². The molecule has 164 valence electrons. The summed E-state index contributed by atoms with van der Waals surface area (Å²) in [6.45, 7) is 6.61. The molecule has 0 aliphatic heterocycles. The van der Waals surface area contributed by atoms with E-state index in [4.69, 9.17) is 9.47 Å². The number of ether oxygens (including phenoxy) is 2. The van der Waals surface area contributed by atoms with Crippen molar-refractivity contribution in [2.24, 2.45) is 0 Å². The van der Waals surface area contributed by atoms with Gasteiger partial charge in [-0.15, -0.1) is 0 Å². The molecule has 0 saturated heterocycles. The van der Waals surface area contributed by atoms with Crippen LogP contribution in [0.15, 0.2) is 12.2 Å². The average molecular weight is 397 g/mol. The first-order valence-corrected chi connectivity index (χ1v) is 11.7. The number of hydrogen-bond acceptors (Lipinski definition) is 4. The fourth-order valence-corrected chi connectivity index (χ4v) is 3.14. The van der Waals surface area contributed by atoms with Gasteiger partial charge in [0, 0.05) is 12.2 Å². The third-order valence-corrected chi connectivity index (χ3v) is 5.04. The third-order valence-electron chi connectivity index (χ3n) is 5.04. The van der Waals surface area contributed by atoms with Gasteiger partial charge < -0.3 is 9.47 Å². The van der Waals surface area contributed by atoms with E-state index in [9.17, 15) is 9.59 Å². The van der Waals surface area contributed by atoms with Crippen LogP contribution in [0.4, 0.5) is 0 Å². The summed E-state index contributed by atoms with van der Waals surface area (Å²) >= 11 is 0. The number of esters is 2. The maximum atomic E-state index is 11.6. The minimum atomic E-state index is -0.480. The molecule has 4 nitrogen and oxygen atoms in total. The Morgan fingerprint density at radius 3 is 1.54 bits per heavy atom. The second-order valence-corrected chi connectivity index (χ2v) is 7.62. The molecule has 0 aromatic carbocycles. The number of hydrogen-bond donors (Lipinski definition) is 0. The fraction of sp³-hybridized carbons (Fsp3) is 0.833. The minimum absolute atomic E-state index is 0.0843. The Morgan fingerprint density at radius 2 is 1.07 bits per heavy atom. The topological polar surface area (TPSA) is 52.6 Å². The van der Waals surface area contributed by atoms with Crippen LogP contribution in [0.2, 0.25) is 0 Å². The Labute approximate surface area is 173 Å². The van der Waals surface area contributed by atoms with Crippen LogP contribution in [0.5, 0.6) is 0 Å². The van der Waals surface area contributed by atoms with E-state index in [-0.39, 0.29) is 6.10 Å². The molecule has 0 aromatic heterocycles. The Morgan fingerprint density at radius 1 is 0.643 bits per heavy atom. The van der Waals surface area contributed by atoms with Crippen molar-refractivity contribution >= 4 is 11.9 Å². The molecule has 0 unspecified atom stereocenters. The summed E-state index contributed by atoms with van der Waals surface area (Å²) in [6, 6.07) is 0. The SMILES string of the molecule is CCCCCCCCCCCCCCCOC(=O)/C=C/C(=O)OC(CC)CC. The van der Waals surface area contributed by atoms with Crippen LogP contribution in [0.25, 0.3) is 0 Å². The zero-order valence-electron chi connectivity index (χ0n) is 18.7. The lowest BCUT2D eigenvalue weighted by Gasteiger charge is -2.11. The van der Waals surface area contributed by atoms with Gasteiger partial charge in [0.2, 0.25) is 0 Å². The second-order valence-electron chi connectivity index (χ2n) is 7.62. The molecule has 0 bridgehead atoms. The molecule has 0 saturated carbocycles. The molecule has 4 heteroatoms. The molecule has 0 aliphatic rings. The Balaban J connectivity index is 3.43. The summed E-state index contributed by atoms with van der Waals surface area (Å²) in [5, 5.41) is 0. The highest BCUT2D eigenvalue weighted by Crippen LogP contribution is 2.12. The van der Waals surface area contributed by atoms with Gasteiger partial charge in [0.05, 0.1) is 6.61 Å². The maximum Gasteiger partial charge on any atom is 0.331 e. The molecule has 0 N–H and O–H groups in total. The standard InChI is InChI=1S/C24H44O4/c1-4-7-8-9-10-11-12-13-14-15-16-17-18-21-27-23(25)19-20-24(26)28-22(5-2)6-3/h19-20,22H,4-18,21H2,1-3H3/b20-19+. The number of unbranched alkanes of at least 4 members (excludes halogenated alkanes) is 12. The Kier molecular flexibility index (Phi) is 19.5. The van der Waals surface area contributed by atoms with Gasteiger partial charge in [0.25, 0.3) is 0 Å². The summed E-state index contributed by atoms with van der Waals surface area (Å²) < 4.78 is 10.3. The molecule has 28 heavy (non-hydrogen) atoms. The molecule has 0 spiro atoms. The van der Waals surface area contributed by atoms with Crippen molar-refractivity contribution in [1.29, 1.82) is 0 Å². The first kappa shape index (κ1) is 26.7. The van der Waals surface area contributed by atoms with E-state index in [0.717, 1.165) is 37.8 Å². The summed E-state index contributed by atoms with van der Waals surface area (Å²) in [5.41, 5.74) is 0. The lowest BCUT2D eigenvalue weighted by atomic mass is 10.0. The summed E-state index contributed by atoms with van der Waals surface area (Å²) in [7, 11) is 0. The summed E-state index contributed by atoms with van der Waals surface area (Å²) in [5.74, 6) is -0.952. The molecule has 0 aromatic rings. The lowest BCUT2D eigenvalue weighted by Crippen LogP contribution is -2.15. The first-order valence-electron chi connectivity index (χ1n) is 11.7. The van der Waals surface area contributed by atoms with Gasteiger partial charge in [-0.1, -0.05) is 97.8 Å². The normalized spacial score (nSPS) is 11.3. The van der Waals surface area contributed by atoms with Gasteiger partial charge in [-0.25, -0.2) is 9.59 Å². The van der Waals surface area contributed by atoms with Crippen LogP contribution in [-0.4, -0.2) is 24.6 Å². The molecule has 0 heterocycles. The maximum absolute atomic E-state index is 11.6. The van der Waals surface area contributed by atoms with Gasteiger partial charge in [-0.2, -0.15) is 0 Å². The van der Waals surface area contributed by atoms with Crippen LogP contribution in [0, 0.1) is 0 Å². The highest BCUT2D eigenvalue weighted by atomic mass is 16.5. The van der Waals surface area contributed by atoms with E-state index >= 15 is 0 Å². The van der Waals surface area contributed by atoms with Crippen LogP contribution in [0.3, 0.4) is 0 Å². The van der Waals surface area contributed by atoms with E-state index in [2.05, 4.69) is 6.92 Å². The van der Waals surface area contributed by atoms with Crippen LogP contribution >= 0.6 is 0 Å². The predicted molar refractivity (Wildman–Crippen MR) is 116 cm³/mol. The van der Waals surface area contributed by atoms with Crippen molar-refractivity contribution in [3.63, 3.8) is 0 Å². The van der Waals surface area contributed by atoms with E-state index in [1.807, 2.05) is 13.8 Å². The van der Waals surface area contributed by atoms with Gasteiger partial charge in [-0.05, 0) is 19.3 Å². The molecule has 0 radical (unpaired) electrons. The molecule has 0 fully saturated rings. The monoisotopic (exact) mass is 396 g/mol. The van der Waals surface area contributed by atoms with Crippen molar-refractivity contribution in [3.05, 3.63) is 12.2 Å². The molecule has 0 amide bonds. The lowest BCUT2D eigenvalue weighted by molar-refractivity contribution is -0.144. The van der Waals surface area contributed by atoms with Gasteiger partial charge in [-0.3, -0.25) is 0 Å². The van der Waals surface area contributed by atoms with Gasteiger partial charge in [0.1, 0.15) is 6.10 Å². The van der Waals surface area contributed by atoms with Crippen molar-refractivity contribution < 1.29 is 19.1 Å². The number of rotatable bonds is 19. The van der Waals surface area contributed by atoms with Crippen molar-refractivity contribution in [2.75, 3.05) is 6.61 Å². The number of carbonyl (C=O) groups excluding carboxylic acids is 2.